The lowest BCUT2D eigenvalue weighted by Crippen LogP contribution is -2.16. The van der Waals surface area contributed by atoms with E-state index in [9.17, 15) is 39.5 Å². The van der Waals surface area contributed by atoms with Crippen LogP contribution in [0.25, 0.3) is 10.8 Å². The number of azo groups is 1. The monoisotopic (exact) mass is 674 g/mol. The van der Waals surface area contributed by atoms with Gasteiger partial charge in [-0.25, -0.2) is 0 Å². The van der Waals surface area contributed by atoms with Crippen molar-refractivity contribution in [2.75, 3.05) is 28.7 Å². The summed E-state index contributed by atoms with van der Waals surface area (Å²) in [5.74, 6) is -1.66. The minimum absolute atomic E-state index is 0.0118. The van der Waals surface area contributed by atoms with Gasteiger partial charge < -0.3 is 21.5 Å². The fourth-order valence-corrected chi connectivity index (χ4v) is 5.27. The van der Waals surface area contributed by atoms with E-state index < -0.39 is 51.6 Å². The highest BCUT2D eigenvalue weighted by Gasteiger charge is 2.20. The van der Waals surface area contributed by atoms with Crippen LogP contribution in [0, 0.1) is 0 Å². The zero-order chi connectivity index (χ0) is 31.7. The highest BCUT2D eigenvalue weighted by Crippen LogP contribution is 2.41. The number of hydrogen-bond acceptors (Lipinski definition) is 15. The molecule has 1 aromatic heterocycles. The van der Waals surface area contributed by atoms with Crippen LogP contribution in [-0.4, -0.2) is 71.3 Å². The lowest BCUT2D eigenvalue weighted by Gasteiger charge is -2.10. The second-order valence-electron chi connectivity index (χ2n) is 8.47. The molecule has 0 fully saturated rings. The third kappa shape index (κ3) is 7.98. The van der Waals surface area contributed by atoms with Crippen molar-refractivity contribution in [2.45, 2.75) is 9.79 Å². The summed E-state index contributed by atoms with van der Waals surface area (Å²) in [5.41, 5.74) is 5.39. The summed E-state index contributed by atoms with van der Waals surface area (Å²) in [6.07, 6.45) is 0. The lowest BCUT2D eigenvalue weighted by atomic mass is 10.1. The molecular weight excluding hydrogens is 656 g/mol. The largest absolute Gasteiger partial charge is 0.507 e. The predicted molar refractivity (Wildman–Crippen MR) is 153 cm³/mol. The molecule has 3 aromatic carbocycles. The molecule has 0 saturated carbocycles. The SMILES string of the molecule is Nc1ccc2cc(S(=O)(=O)O)cc(O)c2c1/N=N/c1ccc(Nc2nc(Cl)nc(NCCS(=O)(=O)O)n2)cc1S(=O)(=O)O. The molecule has 4 aromatic rings. The summed E-state index contributed by atoms with van der Waals surface area (Å²) in [6, 6.07) is 7.88. The van der Waals surface area contributed by atoms with Gasteiger partial charge in [0.2, 0.25) is 17.2 Å². The molecule has 8 N–H and O–H groups in total. The van der Waals surface area contributed by atoms with Crippen LogP contribution >= 0.6 is 11.6 Å². The van der Waals surface area contributed by atoms with Crippen LogP contribution < -0.4 is 16.4 Å². The van der Waals surface area contributed by atoms with Crippen molar-refractivity contribution in [3.05, 3.63) is 47.7 Å². The zero-order valence-electron chi connectivity index (χ0n) is 21.1. The first-order valence-electron chi connectivity index (χ1n) is 11.3. The number of phenolic OH excluding ortho intramolecular Hbond substituents is 1. The summed E-state index contributed by atoms with van der Waals surface area (Å²) < 4.78 is 97.2. The first-order valence-corrected chi connectivity index (χ1v) is 16.2. The van der Waals surface area contributed by atoms with Gasteiger partial charge in [0.25, 0.3) is 30.4 Å². The minimum atomic E-state index is -4.92. The van der Waals surface area contributed by atoms with Crippen LogP contribution in [0.2, 0.25) is 5.28 Å². The Morgan fingerprint density at radius 2 is 1.56 bits per heavy atom. The Labute approximate surface area is 247 Å². The van der Waals surface area contributed by atoms with Gasteiger partial charge in [-0.05, 0) is 47.3 Å². The molecule has 0 unspecified atom stereocenters. The number of benzene rings is 3. The Bertz CT molecular complexity index is 2110. The maximum Gasteiger partial charge on any atom is 0.296 e. The molecule has 0 amide bonds. The van der Waals surface area contributed by atoms with Crippen molar-refractivity contribution in [1.82, 2.24) is 15.0 Å². The van der Waals surface area contributed by atoms with Crippen LogP contribution in [0.5, 0.6) is 5.75 Å². The predicted octanol–water partition coefficient (Wildman–Crippen LogP) is 2.92. The molecule has 1 heterocycles. The molecule has 18 nitrogen and oxygen atoms in total. The number of nitrogens with one attached hydrogen (secondary N) is 2. The molecule has 0 spiro atoms. The fraction of sp³-hybridized carbons (Fsp3) is 0.0952. The molecule has 228 valence electrons. The normalized spacial score (nSPS) is 12.6. The number of aromatic nitrogens is 3. The van der Waals surface area contributed by atoms with Crippen molar-refractivity contribution >= 4 is 87.4 Å². The Balaban J connectivity index is 1.69. The van der Waals surface area contributed by atoms with Gasteiger partial charge in [0.05, 0.1) is 21.7 Å². The first kappa shape index (κ1) is 31.7. The Morgan fingerprint density at radius 3 is 2.21 bits per heavy atom. The third-order valence-electron chi connectivity index (χ3n) is 5.37. The molecule has 0 aliphatic rings. The van der Waals surface area contributed by atoms with E-state index >= 15 is 0 Å². The van der Waals surface area contributed by atoms with Gasteiger partial charge in [0, 0.05) is 18.3 Å². The summed E-state index contributed by atoms with van der Waals surface area (Å²) in [5, 5.41) is 23.1. The summed E-state index contributed by atoms with van der Waals surface area (Å²) in [7, 11) is -13.8. The van der Waals surface area contributed by atoms with Gasteiger partial charge in [-0.3, -0.25) is 13.7 Å². The van der Waals surface area contributed by atoms with Gasteiger partial charge in [-0.15, -0.1) is 10.2 Å². The summed E-state index contributed by atoms with van der Waals surface area (Å²) in [6.45, 7) is -0.272. The number of phenols is 1. The number of hydrogen-bond donors (Lipinski definition) is 7. The topological polar surface area (TPSA) is 297 Å². The standard InChI is InChI=1S/C21H19ClN8O10S3/c22-19-26-20(24-5-6-41(32,33)34)28-21(27-19)25-11-2-4-14(16(8-11)43(38,39)40)29-30-18-13(23)3-1-10-7-12(42(35,36)37)9-15(31)17(10)18/h1-4,7-9,31H,5-6,23H2,(H,32,33,34)(H,35,36,37)(H,38,39,40)(H2,24,25,26,27,28)/b30-29+. The number of nitrogens with two attached hydrogens (primary N) is 1. The van der Waals surface area contributed by atoms with Crippen molar-refractivity contribution in [3.63, 3.8) is 0 Å². The minimum Gasteiger partial charge on any atom is -0.507 e. The van der Waals surface area contributed by atoms with Gasteiger partial charge in [0.15, 0.2) is 0 Å². The molecular formula is C21H19ClN8O10S3. The van der Waals surface area contributed by atoms with Gasteiger partial charge in [-0.1, -0.05) is 6.07 Å². The molecule has 43 heavy (non-hydrogen) atoms. The maximum absolute atomic E-state index is 12.2. The number of nitrogen functional groups attached to an aromatic ring is 1. The smallest absolute Gasteiger partial charge is 0.296 e. The molecule has 0 atom stereocenters. The van der Waals surface area contributed by atoms with Gasteiger partial charge in [0.1, 0.15) is 22.0 Å². The second kappa shape index (κ2) is 11.8. The van der Waals surface area contributed by atoms with E-state index in [2.05, 4.69) is 35.8 Å². The highest BCUT2D eigenvalue weighted by molar-refractivity contribution is 7.86. The maximum atomic E-state index is 12.2. The molecule has 0 aliphatic carbocycles. The fourth-order valence-electron chi connectivity index (χ4n) is 3.56. The van der Waals surface area contributed by atoms with Gasteiger partial charge in [-0.2, -0.15) is 40.2 Å². The van der Waals surface area contributed by atoms with Gasteiger partial charge >= 0.3 is 0 Å². The van der Waals surface area contributed by atoms with E-state index in [-0.39, 0.29) is 57.2 Å². The number of anilines is 4. The average Bonchev–Trinajstić information content (AvgIpc) is 2.86. The van der Waals surface area contributed by atoms with Crippen LogP contribution in [0.4, 0.5) is 34.6 Å². The van der Waals surface area contributed by atoms with E-state index in [1.807, 2.05) is 0 Å². The number of halogens is 1. The molecule has 0 aliphatic heterocycles. The summed E-state index contributed by atoms with van der Waals surface area (Å²) in [4.78, 5) is 10.2. The second-order valence-corrected chi connectivity index (χ2v) is 13.2. The van der Waals surface area contributed by atoms with Crippen molar-refractivity contribution in [1.29, 1.82) is 0 Å². The van der Waals surface area contributed by atoms with Crippen molar-refractivity contribution < 1.29 is 44.0 Å². The highest BCUT2D eigenvalue weighted by atomic mass is 35.5. The Kier molecular flexibility index (Phi) is 8.69. The molecule has 0 bridgehead atoms. The van der Waals surface area contributed by atoms with Crippen LogP contribution in [0.1, 0.15) is 0 Å². The number of nitrogens with zero attached hydrogens (tertiary/aromatic N) is 5. The van der Waals surface area contributed by atoms with E-state index in [1.54, 1.807) is 0 Å². The first-order chi connectivity index (χ1) is 19.9. The number of fused-ring (bicyclic) bond motifs is 1. The van der Waals surface area contributed by atoms with E-state index in [1.165, 1.54) is 18.2 Å². The molecule has 0 radical (unpaired) electrons. The van der Waals surface area contributed by atoms with E-state index in [0.29, 0.717) is 0 Å². The van der Waals surface area contributed by atoms with E-state index in [0.717, 1.165) is 24.3 Å². The number of aromatic hydroxyl groups is 1. The Morgan fingerprint density at radius 1 is 0.860 bits per heavy atom. The van der Waals surface area contributed by atoms with Crippen LogP contribution in [0.3, 0.4) is 0 Å². The quantitative estimate of drug-likeness (QED) is 0.0722. The van der Waals surface area contributed by atoms with Crippen LogP contribution in [0.15, 0.2) is 62.5 Å². The molecule has 0 saturated heterocycles. The third-order valence-corrected chi connectivity index (χ3v) is 7.98. The van der Waals surface area contributed by atoms with Crippen molar-refractivity contribution in [3.8, 4) is 5.75 Å². The number of rotatable bonds is 10. The zero-order valence-corrected chi connectivity index (χ0v) is 24.3. The summed E-state index contributed by atoms with van der Waals surface area (Å²) >= 11 is 5.87. The van der Waals surface area contributed by atoms with Crippen LogP contribution in [-0.2, 0) is 30.4 Å². The van der Waals surface area contributed by atoms with Crippen molar-refractivity contribution in [2.24, 2.45) is 10.2 Å². The lowest BCUT2D eigenvalue weighted by molar-refractivity contribution is 0.471. The van der Waals surface area contributed by atoms with E-state index in [4.69, 9.17) is 21.9 Å². The Hall–Kier alpha value is -4.25. The molecule has 4 rings (SSSR count). The average molecular weight is 675 g/mol. The molecule has 22 heteroatoms.